The van der Waals surface area contributed by atoms with E-state index in [1.54, 1.807) is 17.4 Å². The fourth-order valence-corrected chi connectivity index (χ4v) is 2.39. The van der Waals surface area contributed by atoms with Crippen molar-refractivity contribution in [3.05, 3.63) is 45.5 Å². The maximum absolute atomic E-state index is 12.0. The predicted molar refractivity (Wildman–Crippen MR) is 65.2 cm³/mol. The number of hydrogen-bond donors (Lipinski definition) is 0. The van der Waals surface area contributed by atoms with Crippen molar-refractivity contribution < 1.29 is 9.21 Å². The highest BCUT2D eigenvalue weighted by atomic mass is 32.1. The molecule has 2 heterocycles. The Bertz CT molecular complexity index is 449. The first-order valence-corrected chi connectivity index (χ1v) is 6.28. The molecule has 0 radical (unpaired) electrons. The van der Waals surface area contributed by atoms with Crippen molar-refractivity contribution >= 4 is 17.1 Å². The van der Waals surface area contributed by atoms with Crippen LogP contribution in [0.5, 0.6) is 0 Å². The summed E-state index contributed by atoms with van der Waals surface area (Å²) in [5, 5.41) is 0. The Kier molecular flexibility index (Phi) is 3.25. The van der Waals surface area contributed by atoms with Gasteiger partial charge in [-0.1, -0.05) is 13.8 Å². The normalized spacial score (nSPS) is 10.6. The minimum Gasteiger partial charge on any atom is -0.458 e. The summed E-state index contributed by atoms with van der Waals surface area (Å²) in [5.41, 5.74) is 0. The smallest absolute Gasteiger partial charge is 0.238 e. The SMILES string of the molecule is CCc1ccc(C(=O)c2ccc(CC)s2)o1. The van der Waals surface area contributed by atoms with E-state index < -0.39 is 0 Å². The molecule has 0 aliphatic rings. The number of hydrogen-bond acceptors (Lipinski definition) is 3. The van der Waals surface area contributed by atoms with Gasteiger partial charge in [0.25, 0.3) is 0 Å². The summed E-state index contributed by atoms with van der Waals surface area (Å²) in [5.74, 6) is 1.29. The highest BCUT2D eigenvalue weighted by Crippen LogP contribution is 2.21. The van der Waals surface area contributed by atoms with E-state index in [4.69, 9.17) is 4.42 Å². The van der Waals surface area contributed by atoms with Crippen molar-refractivity contribution in [2.75, 3.05) is 0 Å². The average molecular weight is 234 g/mol. The lowest BCUT2D eigenvalue weighted by Gasteiger charge is -1.92. The minimum atomic E-state index is -0.00981. The van der Waals surface area contributed by atoms with Crippen LogP contribution in [0.3, 0.4) is 0 Å². The standard InChI is InChI=1S/C13H14O2S/c1-3-9-5-7-11(15-9)13(14)12-8-6-10(4-2)16-12/h5-8H,3-4H2,1-2H3. The molecule has 0 saturated heterocycles. The highest BCUT2D eigenvalue weighted by Gasteiger charge is 2.15. The second-order valence-electron chi connectivity index (χ2n) is 3.57. The van der Waals surface area contributed by atoms with Gasteiger partial charge in [-0.05, 0) is 30.7 Å². The van der Waals surface area contributed by atoms with Crippen LogP contribution in [0.4, 0.5) is 0 Å². The van der Waals surface area contributed by atoms with E-state index >= 15 is 0 Å². The second-order valence-corrected chi connectivity index (χ2v) is 4.74. The van der Waals surface area contributed by atoms with Crippen molar-refractivity contribution in [1.29, 1.82) is 0 Å². The van der Waals surface area contributed by atoms with Crippen LogP contribution in [0, 0.1) is 0 Å². The number of aryl methyl sites for hydroxylation is 2. The molecular weight excluding hydrogens is 220 g/mol. The third-order valence-corrected chi connectivity index (χ3v) is 3.70. The first kappa shape index (κ1) is 11.1. The molecule has 2 aromatic rings. The van der Waals surface area contributed by atoms with Crippen LogP contribution in [0.2, 0.25) is 0 Å². The van der Waals surface area contributed by atoms with Gasteiger partial charge in [0.2, 0.25) is 5.78 Å². The first-order chi connectivity index (χ1) is 7.74. The molecule has 0 atom stereocenters. The average Bonchev–Trinajstić information content (AvgIpc) is 2.97. The van der Waals surface area contributed by atoms with E-state index in [0.29, 0.717) is 5.76 Å². The maximum Gasteiger partial charge on any atom is 0.238 e. The Labute approximate surface area is 98.9 Å². The summed E-state index contributed by atoms with van der Waals surface area (Å²) in [6, 6.07) is 7.50. The topological polar surface area (TPSA) is 30.2 Å². The van der Waals surface area contributed by atoms with Gasteiger partial charge in [0.05, 0.1) is 4.88 Å². The number of rotatable bonds is 4. The molecule has 0 bridgehead atoms. The van der Waals surface area contributed by atoms with Crippen molar-refractivity contribution in [2.45, 2.75) is 26.7 Å². The molecule has 2 nitrogen and oxygen atoms in total. The lowest BCUT2D eigenvalue weighted by molar-refractivity contribution is 0.101. The third kappa shape index (κ3) is 2.09. The minimum absolute atomic E-state index is 0.00981. The number of carbonyl (C=O) groups is 1. The monoisotopic (exact) mass is 234 g/mol. The molecule has 84 valence electrons. The molecule has 2 rings (SSSR count). The lowest BCUT2D eigenvalue weighted by atomic mass is 10.2. The molecule has 2 aromatic heterocycles. The van der Waals surface area contributed by atoms with E-state index in [0.717, 1.165) is 23.5 Å². The number of furan rings is 1. The van der Waals surface area contributed by atoms with Crippen LogP contribution in [-0.2, 0) is 12.8 Å². The third-order valence-electron chi connectivity index (χ3n) is 2.47. The van der Waals surface area contributed by atoms with Gasteiger partial charge in [-0.15, -0.1) is 11.3 Å². The molecule has 0 spiro atoms. The molecule has 0 aromatic carbocycles. The van der Waals surface area contributed by atoms with Crippen molar-refractivity contribution in [3.8, 4) is 0 Å². The summed E-state index contributed by atoms with van der Waals surface area (Å²) >= 11 is 1.54. The molecule has 0 unspecified atom stereocenters. The van der Waals surface area contributed by atoms with Gasteiger partial charge >= 0.3 is 0 Å². The summed E-state index contributed by atoms with van der Waals surface area (Å²) < 4.78 is 5.45. The van der Waals surface area contributed by atoms with Gasteiger partial charge < -0.3 is 4.42 Å². The van der Waals surface area contributed by atoms with Gasteiger partial charge in [0.15, 0.2) is 5.76 Å². The summed E-state index contributed by atoms with van der Waals surface area (Å²) in [6.45, 7) is 4.09. The summed E-state index contributed by atoms with van der Waals surface area (Å²) in [4.78, 5) is 14.0. The summed E-state index contributed by atoms with van der Waals surface area (Å²) in [6.07, 6.45) is 1.79. The van der Waals surface area contributed by atoms with Crippen LogP contribution in [0.1, 0.15) is 39.9 Å². The molecule has 0 aliphatic heterocycles. The first-order valence-electron chi connectivity index (χ1n) is 5.46. The largest absolute Gasteiger partial charge is 0.458 e. The van der Waals surface area contributed by atoms with E-state index in [2.05, 4.69) is 6.92 Å². The van der Waals surface area contributed by atoms with Crippen molar-refractivity contribution in [2.24, 2.45) is 0 Å². The summed E-state index contributed by atoms with van der Waals surface area (Å²) in [7, 11) is 0. The highest BCUT2D eigenvalue weighted by molar-refractivity contribution is 7.14. The molecule has 0 amide bonds. The van der Waals surface area contributed by atoms with Gasteiger partial charge in [-0.25, -0.2) is 0 Å². The molecule has 0 saturated carbocycles. The van der Waals surface area contributed by atoms with Crippen LogP contribution >= 0.6 is 11.3 Å². The lowest BCUT2D eigenvalue weighted by Crippen LogP contribution is -1.95. The van der Waals surface area contributed by atoms with Crippen LogP contribution in [0.25, 0.3) is 0 Å². The van der Waals surface area contributed by atoms with Gasteiger partial charge in [0, 0.05) is 11.3 Å². The maximum atomic E-state index is 12.0. The Balaban J connectivity index is 2.24. The van der Waals surface area contributed by atoms with E-state index in [1.165, 1.54) is 4.88 Å². The fourth-order valence-electron chi connectivity index (χ4n) is 1.50. The molecule has 0 fully saturated rings. The zero-order valence-corrected chi connectivity index (χ0v) is 10.3. The zero-order chi connectivity index (χ0) is 11.5. The van der Waals surface area contributed by atoms with Crippen molar-refractivity contribution in [3.63, 3.8) is 0 Å². The van der Waals surface area contributed by atoms with Crippen LogP contribution < -0.4 is 0 Å². The van der Waals surface area contributed by atoms with Crippen LogP contribution in [-0.4, -0.2) is 5.78 Å². The second kappa shape index (κ2) is 4.66. The molecule has 16 heavy (non-hydrogen) atoms. The Morgan fingerprint density at radius 2 is 2.00 bits per heavy atom. The molecule has 0 N–H and O–H groups in total. The Hall–Kier alpha value is -1.35. The van der Waals surface area contributed by atoms with E-state index in [-0.39, 0.29) is 5.78 Å². The van der Waals surface area contributed by atoms with E-state index in [9.17, 15) is 4.79 Å². The predicted octanol–water partition coefficient (Wildman–Crippen LogP) is 3.70. The van der Waals surface area contributed by atoms with Gasteiger partial charge in [0.1, 0.15) is 5.76 Å². The molecule has 0 aliphatic carbocycles. The molecular formula is C13H14O2S. The quantitative estimate of drug-likeness (QED) is 0.755. The Morgan fingerprint density at radius 1 is 1.19 bits per heavy atom. The fraction of sp³-hybridized carbons (Fsp3) is 0.308. The Morgan fingerprint density at radius 3 is 2.56 bits per heavy atom. The van der Waals surface area contributed by atoms with Gasteiger partial charge in [-0.2, -0.15) is 0 Å². The zero-order valence-electron chi connectivity index (χ0n) is 9.45. The van der Waals surface area contributed by atoms with Crippen molar-refractivity contribution in [1.82, 2.24) is 0 Å². The number of ketones is 1. The van der Waals surface area contributed by atoms with Gasteiger partial charge in [-0.3, -0.25) is 4.79 Å². The number of carbonyl (C=O) groups excluding carboxylic acids is 1. The number of thiophene rings is 1. The van der Waals surface area contributed by atoms with Crippen LogP contribution in [0.15, 0.2) is 28.7 Å². The molecule has 3 heteroatoms. The van der Waals surface area contributed by atoms with E-state index in [1.807, 2.05) is 25.1 Å².